The largest absolute Gasteiger partial charge is 0.369 e. The van der Waals surface area contributed by atoms with Crippen LogP contribution in [-0.4, -0.2) is 24.7 Å². The molecule has 1 aliphatic heterocycles. The highest BCUT2D eigenvalue weighted by molar-refractivity contribution is 7.10. The topological polar surface area (TPSA) is 25.4 Å². The highest BCUT2D eigenvalue weighted by Gasteiger charge is 2.24. The van der Waals surface area contributed by atoms with Gasteiger partial charge in [0.25, 0.3) is 0 Å². The van der Waals surface area contributed by atoms with Gasteiger partial charge in [0, 0.05) is 34.7 Å². The molecule has 3 nitrogen and oxygen atoms in total. The molecule has 0 bridgehead atoms. The third-order valence-electron chi connectivity index (χ3n) is 4.16. The van der Waals surface area contributed by atoms with Crippen LogP contribution in [0.2, 0.25) is 0 Å². The molecule has 5 heteroatoms. The van der Waals surface area contributed by atoms with E-state index in [1.54, 1.807) is 17.4 Å². The van der Waals surface area contributed by atoms with Gasteiger partial charge >= 0.3 is 0 Å². The lowest BCUT2D eigenvalue weighted by atomic mass is 10.1. The van der Waals surface area contributed by atoms with E-state index >= 15 is 0 Å². The first-order valence-corrected chi connectivity index (χ1v) is 8.56. The average Bonchev–Trinajstić information content (AvgIpc) is 3.10. The first-order chi connectivity index (χ1) is 11.2. The fourth-order valence-corrected chi connectivity index (χ4v) is 3.86. The number of benzene rings is 1. The number of ether oxygens (including phenoxy) is 1. The van der Waals surface area contributed by atoms with Crippen molar-refractivity contribution in [3.8, 4) is 0 Å². The average molecular weight is 328 g/mol. The zero-order chi connectivity index (χ0) is 15.8. The molecule has 0 aliphatic carbocycles. The molecule has 23 heavy (non-hydrogen) atoms. The van der Waals surface area contributed by atoms with Crippen LogP contribution in [0.3, 0.4) is 0 Å². The maximum atomic E-state index is 14.1. The van der Waals surface area contributed by atoms with Crippen molar-refractivity contribution in [1.82, 2.24) is 4.98 Å². The number of hydrogen-bond donors (Lipinski definition) is 0. The van der Waals surface area contributed by atoms with E-state index in [0.29, 0.717) is 12.1 Å². The van der Waals surface area contributed by atoms with Crippen LogP contribution in [0.1, 0.15) is 16.7 Å². The van der Waals surface area contributed by atoms with Crippen molar-refractivity contribution in [2.24, 2.45) is 0 Å². The lowest BCUT2D eigenvalue weighted by Crippen LogP contribution is -2.38. The summed E-state index contributed by atoms with van der Waals surface area (Å²) >= 11 is 1.71. The number of anilines is 1. The zero-order valence-electron chi connectivity index (χ0n) is 12.8. The standard InChI is InChI=1S/C18H17FN2OS/c1-12-10-15(13-4-2-5-14(19)18(13)20-12)21-7-8-22-16(11-21)17-6-3-9-23-17/h2-6,9-10,16H,7-8,11H2,1H3. The molecule has 0 saturated carbocycles. The van der Waals surface area contributed by atoms with Crippen molar-refractivity contribution in [1.29, 1.82) is 0 Å². The summed E-state index contributed by atoms with van der Waals surface area (Å²) in [5, 5.41) is 2.93. The Hall–Kier alpha value is -1.98. The number of rotatable bonds is 2. The molecular formula is C18H17FN2OS. The second-order valence-electron chi connectivity index (χ2n) is 5.74. The van der Waals surface area contributed by atoms with Gasteiger partial charge in [-0.2, -0.15) is 0 Å². The molecule has 3 heterocycles. The lowest BCUT2D eigenvalue weighted by molar-refractivity contribution is 0.0422. The molecule has 0 amide bonds. The van der Waals surface area contributed by atoms with E-state index < -0.39 is 0 Å². The van der Waals surface area contributed by atoms with Crippen molar-refractivity contribution in [3.63, 3.8) is 0 Å². The van der Waals surface area contributed by atoms with E-state index in [9.17, 15) is 4.39 Å². The van der Waals surface area contributed by atoms with Crippen LogP contribution >= 0.6 is 11.3 Å². The molecule has 2 aromatic heterocycles. The molecule has 1 saturated heterocycles. The summed E-state index contributed by atoms with van der Waals surface area (Å²) in [7, 11) is 0. The van der Waals surface area contributed by atoms with E-state index in [4.69, 9.17) is 4.74 Å². The monoisotopic (exact) mass is 328 g/mol. The summed E-state index contributed by atoms with van der Waals surface area (Å²) in [6.07, 6.45) is 0.0702. The van der Waals surface area contributed by atoms with Crippen LogP contribution in [-0.2, 0) is 4.74 Å². The second kappa shape index (κ2) is 5.91. The van der Waals surface area contributed by atoms with Gasteiger partial charge in [-0.25, -0.2) is 9.37 Å². The van der Waals surface area contributed by atoms with E-state index in [1.165, 1.54) is 10.9 Å². The maximum Gasteiger partial charge on any atom is 0.149 e. The van der Waals surface area contributed by atoms with Gasteiger partial charge in [0.1, 0.15) is 17.4 Å². The highest BCUT2D eigenvalue weighted by atomic mass is 32.1. The van der Waals surface area contributed by atoms with Gasteiger partial charge in [-0.3, -0.25) is 0 Å². The fraction of sp³-hybridized carbons (Fsp3) is 0.278. The molecule has 118 valence electrons. The molecule has 1 unspecified atom stereocenters. The Morgan fingerprint density at radius 3 is 3.04 bits per heavy atom. The summed E-state index contributed by atoms with van der Waals surface area (Å²) in [5.74, 6) is -0.268. The fourth-order valence-electron chi connectivity index (χ4n) is 3.10. The molecule has 0 N–H and O–H groups in total. The van der Waals surface area contributed by atoms with Crippen LogP contribution in [0.15, 0.2) is 41.8 Å². The van der Waals surface area contributed by atoms with Gasteiger partial charge in [0.05, 0.1) is 6.61 Å². The Morgan fingerprint density at radius 2 is 2.22 bits per heavy atom. The number of pyridine rings is 1. The SMILES string of the molecule is Cc1cc(N2CCOC(c3cccs3)C2)c2cccc(F)c2n1. The minimum atomic E-state index is -0.268. The molecule has 3 aromatic rings. The number of thiophene rings is 1. The smallest absolute Gasteiger partial charge is 0.149 e. The molecule has 4 rings (SSSR count). The van der Waals surface area contributed by atoms with Crippen molar-refractivity contribution in [2.75, 3.05) is 24.6 Å². The number of aromatic nitrogens is 1. The third kappa shape index (κ3) is 2.71. The molecule has 0 radical (unpaired) electrons. The quantitative estimate of drug-likeness (QED) is 0.700. The Balaban J connectivity index is 1.75. The first-order valence-electron chi connectivity index (χ1n) is 7.68. The minimum Gasteiger partial charge on any atom is -0.369 e. The predicted octanol–water partition coefficient (Wildman–Crippen LogP) is 4.32. The van der Waals surface area contributed by atoms with Crippen molar-refractivity contribution in [3.05, 3.63) is 58.2 Å². The van der Waals surface area contributed by atoms with Crippen LogP contribution in [0.5, 0.6) is 0 Å². The Labute approximate surface area is 138 Å². The summed E-state index contributed by atoms with van der Waals surface area (Å²) in [6.45, 7) is 4.15. The molecule has 1 aromatic carbocycles. The molecule has 0 spiro atoms. The van der Waals surface area contributed by atoms with Crippen molar-refractivity contribution in [2.45, 2.75) is 13.0 Å². The van der Waals surface area contributed by atoms with Gasteiger partial charge in [-0.1, -0.05) is 18.2 Å². The number of morpholine rings is 1. The zero-order valence-corrected chi connectivity index (χ0v) is 13.6. The summed E-state index contributed by atoms with van der Waals surface area (Å²) in [5.41, 5.74) is 2.32. The molecular weight excluding hydrogens is 311 g/mol. The van der Waals surface area contributed by atoms with Crippen LogP contribution in [0.25, 0.3) is 10.9 Å². The van der Waals surface area contributed by atoms with E-state index in [-0.39, 0.29) is 11.9 Å². The van der Waals surface area contributed by atoms with Gasteiger partial charge in [-0.15, -0.1) is 11.3 Å². The maximum absolute atomic E-state index is 14.1. The number of aryl methyl sites for hydroxylation is 1. The highest BCUT2D eigenvalue weighted by Crippen LogP contribution is 2.33. The second-order valence-corrected chi connectivity index (χ2v) is 6.72. The van der Waals surface area contributed by atoms with E-state index in [2.05, 4.69) is 21.3 Å². The first kappa shape index (κ1) is 14.6. The number of nitrogens with zero attached hydrogens (tertiary/aromatic N) is 2. The predicted molar refractivity (Wildman–Crippen MR) is 91.7 cm³/mol. The van der Waals surface area contributed by atoms with Gasteiger partial charge in [0.15, 0.2) is 0 Å². The van der Waals surface area contributed by atoms with E-state index in [1.807, 2.05) is 25.1 Å². The number of halogens is 1. The molecule has 1 atom stereocenters. The van der Waals surface area contributed by atoms with Crippen LogP contribution in [0.4, 0.5) is 10.1 Å². The minimum absolute atomic E-state index is 0.0702. The van der Waals surface area contributed by atoms with Gasteiger partial charge in [-0.05, 0) is 30.5 Å². The molecule has 1 fully saturated rings. The van der Waals surface area contributed by atoms with Crippen LogP contribution in [0, 0.1) is 12.7 Å². The van der Waals surface area contributed by atoms with Crippen molar-refractivity contribution < 1.29 is 9.13 Å². The number of fused-ring (bicyclic) bond motifs is 1. The van der Waals surface area contributed by atoms with Crippen molar-refractivity contribution >= 4 is 27.9 Å². The lowest BCUT2D eigenvalue weighted by Gasteiger charge is -2.35. The summed E-state index contributed by atoms with van der Waals surface area (Å²) in [6, 6.07) is 11.3. The number of para-hydroxylation sites is 1. The Morgan fingerprint density at radius 1 is 1.30 bits per heavy atom. The normalized spacial score (nSPS) is 18.5. The van der Waals surface area contributed by atoms with Gasteiger partial charge < -0.3 is 9.64 Å². The summed E-state index contributed by atoms with van der Waals surface area (Å²) < 4.78 is 20.0. The summed E-state index contributed by atoms with van der Waals surface area (Å²) in [4.78, 5) is 7.88. The number of hydrogen-bond acceptors (Lipinski definition) is 4. The van der Waals surface area contributed by atoms with E-state index in [0.717, 1.165) is 29.9 Å². The molecule has 1 aliphatic rings. The Kier molecular flexibility index (Phi) is 3.75. The Bertz CT molecular complexity index is 834. The van der Waals surface area contributed by atoms with Crippen LogP contribution < -0.4 is 4.90 Å². The van der Waals surface area contributed by atoms with Gasteiger partial charge in [0.2, 0.25) is 0 Å². The third-order valence-corrected chi connectivity index (χ3v) is 5.13.